The van der Waals surface area contributed by atoms with Crippen LogP contribution < -0.4 is 0 Å². The monoisotopic (exact) mass is 319 g/mol. The number of hydrogen-bond donors (Lipinski definition) is 0. The fourth-order valence-corrected chi connectivity index (χ4v) is 4.21. The molecule has 0 bridgehead atoms. The average molecular weight is 320 g/mol. The topological polar surface area (TPSA) is 54.5 Å². The van der Waals surface area contributed by atoms with E-state index in [1.807, 2.05) is 0 Å². The number of halogens is 2. The van der Waals surface area contributed by atoms with Crippen LogP contribution in [0.1, 0.15) is 25.7 Å². The highest BCUT2D eigenvalue weighted by molar-refractivity contribution is 7.89. The lowest BCUT2D eigenvalue weighted by atomic mass is 9.95. The standard InChI is InChI=1S/C13H15ClFNO3S/c1-16(10-3-5-11(17)6-4-10)20(18,19)13-8-9(15)2-7-12(13)14/h2,7-8,10H,3-6H2,1H3. The third kappa shape index (κ3) is 3.02. The van der Waals surface area contributed by atoms with E-state index in [4.69, 9.17) is 11.6 Å². The predicted molar refractivity (Wildman–Crippen MR) is 73.6 cm³/mol. The summed E-state index contributed by atoms with van der Waals surface area (Å²) >= 11 is 5.86. The van der Waals surface area contributed by atoms with E-state index in [1.165, 1.54) is 17.4 Å². The zero-order chi connectivity index (χ0) is 14.9. The molecular weight excluding hydrogens is 305 g/mol. The number of hydrogen-bond acceptors (Lipinski definition) is 3. The van der Waals surface area contributed by atoms with Crippen LogP contribution in [0.2, 0.25) is 5.02 Å². The minimum Gasteiger partial charge on any atom is -0.300 e. The highest BCUT2D eigenvalue weighted by Gasteiger charge is 2.32. The summed E-state index contributed by atoms with van der Waals surface area (Å²) in [5, 5.41) is -0.00913. The van der Waals surface area contributed by atoms with Crippen molar-refractivity contribution >= 4 is 27.4 Å². The second-order valence-corrected chi connectivity index (χ2v) is 7.24. The molecule has 0 atom stereocenters. The number of sulfonamides is 1. The van der Waals surface area contributed by atoms with E-state index in [-0.39, 0.29) is 21.7 Å². The van der Waals surface area contributed by atoms with Crippen molar-refractivity contribution in [1.82, 2.24) is 4.31 Å². The number of ketones is 1. The van der Waals surface area contributed by atoms with Gasteiger partial charge >= 0.3 is 0 Å². The van der Waals surface area contributed by atoms with Gasteiger partial charge in [0, 0.05) is 25.9 Å². The van der Waals surface area contributed by atoms with E-state index in [1.54, 1.807) is 0 Å². The SMILES string of the molecule is CN(C1CCC(=O)CC1)S(=O)(=O)c1cc(F)ccc1Cl. The van der Waals surface area contributed by atoms with E-state index >= 15 is 0 Å². The van der Waals surface area contributed by atoms with E-state index < -0.39 is 15.8 Å². The van der Waals surface area contributed by atoms with Gasteiger partial charge in [-0.05, 0) is 31.0 Å². The van der Waals surface area contributed by atoms with E-state index in [0.717, 1.165) is 12.1 Å². The van der Waals surface area contributed by atoms with Crippen molar-refractivity contribution in [2.24, 2.45) is 0 Å². The molecule has 1 aliphatic carbocycles. The van der Waals surface area contributed by atoms with Crippen LogP contribution in [-0.2, 0) is 14.8 Å². The number of rotatable bonds is 3. The first kappa shape index (κ1) is 15.4. The van der Waals surface area contributed by atoms with E-state index in [2.05, 4.69) is 0 Å². The van der Waals surface area contributed by atoms with Gasteiger partial charge in [-0.25, -0.2) is 12.8 Å². The summed E-state index contributed by atoms with van der Waals surface area (Å²) in [5.74, 6) is -0.504. The first-order valence-corrected chi connectivity index (χ1v) is 8.09. The molecule has 7 heteroatoms. The summed E-state index contributed by atoms with van der Waals surface area (Å²) < 4.78 is 39.4. The van der Waals surface area contributed by atoms with Crippen molar-refractivity contribution < 1.29 is 17.6 Å². The number of Topliss-reactive ketones (excluding diaryl/α,β-unsaturated/α-hetero) is 1. The van der Waals surface area contributed by atoms with Crippen LogP contribution in [0.4, 0.5) is 4.39 Å². The third-order valence-corrected chi connectivity index (χ3v) is 5.97. The Morgan fingerprint density at radius 3 is 2.50 bits per heavy atom. The average Bonchev–Trinajstić information content (AvgIpc) is 2.41. The van der Waals surface area contributed by atoms with Gasteiger partial charge in [0.2, 0.25) is 10.0 Å². The number of carbonyl (C=O) groups excluding carboxylic acids is 1. The largest absolute Gasteiger partial charge is 0.300 e. The van der Waals surface area contributed by atoms with Crippen LogP contribution in [0.25, 0.3) is 0 Å². The van der Waals surface area contributed by atoms with Gasteiger partial charge in [0.1, 0.15) is 16.5 Å². The van der Waals surface area contributed by atoms with Crippen LogP contribution in [0.15, 0.2) is 23.1 Å². The summed E-state index contributed by atoms with van der Waals surface area (Å²) in [6.45, 7) is 0. The van der Waals surface area contributed by atoms with Crippen LogP contribution in [0, 0.1) is 5.82 Å². The maximum absolute atomic E-state index is 13.2. The molecule has 1 aliphatic rings. The molecule has 1 aromatic rings. The molecule has 110 valence electrons. The lowest BCUT2D eigenvalue weighted by Gasteiger charge is -2.30. The number of benzene rings is 1. The van der Waals surface area contributed by atoms with Crippen molar-refractivity contribution in [1.29, 1.82) is 0 Å². The van der Waals surface area contributed by atoms with Gasteiger partial charge in [-0.3, -0.25) is 4.79 Å². The van der Waals surface area contributed by atoms with Crippen LogP contribution in [0.5, 0.6) is 0 Å². The Morgan fingerprint density at radius 1 is 1.30 bits per heavy atom. The highest BCUT2D eigenvalue weighted by atomic mass is 35.5. The second kappa shape index (κ2) is 5.79. The lowest BCUT2D eigenvalue weighted by Crippen LogP contribution is -2.39. The molecule has 0 aromatic heterocycles. The highest BCUT2D eigenvalue weighted by Crippen LogP contribution is 2.29. The molecule has 0 radical (unpaired) electrons. The maximum atomic E-state index is 13.2. The number of nitrogens with zero attached hydrogens (tertiary/aromatic N) is 1. The zero-order valence-corrected chi connectivity index (χ0v) is 12.5. The Bertz CT molecular complexity index is 623. The van der Waals surface area contributed by atoms with Gasteiger partial charge in [-0.1, -0.05) is 11.6 Å². The fourth-order valence-electron chi connectivity index (χ4n) is 2.31. The van der Waals surface area contributed by atoms with Crippen LogP contribution in [-0.4, -0.2) is 31.6 Å². The Balaban J connectivity index is 2.30. The van der Waals surface area contributed by atoms with Gasteiger partial charge in [0.15, 0.2) is 0 Å². The molecular formula is C13H15ClFNO3S. The molecule has 0 aliphatic heterocycles. The van der Waals surface area contributed by atoms with Crippen molar-refractivity contribution in [3.8, 4) is 0 Å². The quantitative estimate of drug-likeness (QED) is 0.860. The minimum absolute atomic E-state index is 0.00913. The normalized spacial score (nSPS) is 17.7. The predicted octanol–water partition coefficient (Wildman–Crippen LogP) is 2.61. The first-order chi connectivity index (χ1) is 9.32. The van der Waals surface area contributed by atoms with E-state index in [0.29, 0.717) is 25.7 Å². The zero-order valence-electron chi connectivity index (χ0n) is 11.0. The van der Waals surface area contributed by atoms with Gasteiger partial charge in [0.05, 0.1) is 5.02 Å². The minimum atomic E-state index is -3.86. The third-order valence-electron chi connectivity index (χ3n) is 3.58. The Labute approximate surface area is 122 Å². The van der Waals surface area contributed by atoms with Gasteiger partial charge < -0.3 is 0 Å². The Morgan fingerprint density at radius 2 is 1.90 bits per heavy atom. The molecule has 0 N–H and O–H groups in total. The molecule has 0 amide bonds. The molecule has 20 heavy (non-hydrogen) atoms. The molecule has 2 rings (SSSR count). The van der Waals surface area contributed by atoms with Crippen molar-refractivity contribution in [2.75, 3.05) is 7.05 Å². The summed E-state index contributed by atoms with van der Waals surface area (Å²) in [6, 6.07) is 3.00. The molecule has 0 unspecified atom stereocenters. The molecule has 4 nitrogen and oxygen atoms in total. The molecule has 0 saturated heterocycles. The molecule has 1 aromatic carbocycles. The van der Waals surface area contributed by atoms with Gasteiger partial charge in [-0.2, -0.15) is 4.31 Å². The fraction of sp³-hybridized carbons (Fsp3) is 0.462. The lowest BCUT2D eigenvalue weighted by molar-refractivity contribution is -0.120. The number of carbonyl (C=O) groups is 1. The van der Waals surface area contributed by atoms with Crippen LogP contribution >= 0.6 is 11.6 Å². The summed E-state index contributed by atoms with van der Waals surface area (Å²) in [6.07, 6.45) is 1.73. The van der Waals surface area contributed by atoms with Crippen molar-refractivity contribution in [3.05, 3.63) is 29.0 Å². The van der Waals surface area contributed by atoms with Gasteiger partial charge in [0.25, 0.3) is 0 Å². The Kier molecular flexibility index (Phi) is 4.46. The maximum Gasteiger partial charge on any atom is 0.244 e. The van der Waals surface area contributed by atoms with Crippen molar-refractivity contribution in [2.45, 2.75) is 36.6 Å². The molecule has 0 heterocycles. The van der Waals surface area contributed by atoms with Gasteiger partial charge in [-0.15, -0.1) is 0 Å². The van der Waals surface area contributed by atoms with Crippen LogP contribution in [0.3, 0.4) is 0 Å². The second-order valence-electron chi connectivity index (χ2n) is 4.87. The van der Waals surface area contributed by atoms with E-state index in [9.17, 15) is 17.6 Å². The summed E-state index contributed by atoms with van der Waals surface area (Å²) in [4.78, 5) is 11.0. The van der Waals surface area contributed by atoms with Crippen molar-refractivity contribution in [3.63, 3.8) is 0 Å². The molecule has 0 spiro atoms. The smallest absolute Gasteiger partial charge is 0.244 e. The molecule has 1 fully saturated rings. The summed E-state index contributed by atoms with van der Waals surface area (Å²) in [7, 11) is -2.42. The first-order valence-electron chi connectivity index (χ1n) is 6.27. The Hall–Kier alpha value is -0.980. The summed E-state index contributed by atoms with van der Waals surface area (Å²) in [5.41, 5.74) is 0. The molecule has 1 saturated carbocycles.